The van der Waals surface area contributed by atoms with E-state index in [2.05, 4.69) is 13.0 Å². The van der Waals surface area contributed by atoms with Crippen molar-refractivity contribution in [2.24, 2.45) is 0 Å². The van der Waals surface area contributed by atoms with Gasteiger partial charge in [0.05, 0.1) is 0 Å². The molecule has 1 heterocycles. The van der Waals surface area contributed by atoms with E-state index in [0.717, 1.165) is 46.6 Å². The van der Waals surface area contributed by atoms with Crippen LogP contribution in [0.15, 0.2) is 24.3 Å². The van der Waals surface area contributed by atoms with Gasteiger partial charge in [-0.05, 0) is 75.4 Å². The van der Waals surface area contributed by atoms with Crippen molar-refractivity contribution in [3.63, 3.8) is 0 Å². The highest BCUT2D eigenvalue weighted by molar-refractivity contribution is 5.58. The molecule has 1 atom stereocenters. The van der Waals surface area contributed by atoms with Gasteiger partial charge < -0.3 is 14.6 Å². The van der Waals surface area contributed by atoms with E-state index in [1.807, 2.05) is 45.0 Å². The Labute approximate surface area is 137 Å². The molecule has 0 saturated heterocycles. The number of aromatic hydroxyl groups is 1. The van der Waals surface area contributed by atoms with Crippen molar-refractivity contribution in [1.82, 2.24) is 0 Å². The summed E-state index contributed by atoms with van der Waals surface area (Å²) >= 11 is 0. The lowest BCUT2D eigenvalue weighted by molar-refractivity contribution is 0.0166. The molecule has 0 saturated carbocycles. The molecule has 23 heavy (non-hydrogen) atoms. The first-order valence-corrected chi connectivity index (χ1v) is 8.01. The lowest BCUT2D eigenvalue weighted by Gasteiger charge is -2.37. The molecule has 1 N–H and O–H groups in total. The number of hydrogen-bond acceptors (Lipinski definition) is 3. The van der Waals surface area contributed by atoms with Crippen LogP contribution in [0.4, 0.5) is 0 Å². The fraction of sp³-hybridized carbons (Fsp3) is 0.400. The summed E-state index contributed by atoms with van der Waals surface area (Å²) in [6.07, 6.45) is 1.75. The third-order valence-corrected chi connectivity index (χ3v) is 4.82. The SMILES string of the molecule is Cc1c(C)c2c(c(C)c1O)CCC(C)(COc1c[c]ccc1)O2. The smallest absolute Gasteiger partial charge is 0.140 e. The molecule has 0 bridgehead atoms. The van der Waals surface area contributed by atoms with E-state index in [0.29, 0.717) is 12.4 Å². The third kappa shape index (κ3) is 2.88. The predicted molar refractivity (Wildman–Crippen MR) is 90.4 cm³/mol. The van der Waals surface area contributed by atoms with E-state index in [-0.39, 0.29) is 5.60 Å². The van der Waals surface area contributed by atoms with Crippen molar-refractivity contribution in [3.8, 4) is 17.2 Å². The summed E-state index contributed by atoms with van der Waals surface area (Å²) < 4.78 is 12.2. The average molecular weight is 311 g/mol. The van der Waals surface area contributed by atoms with Crippen LogP contribution in [0.25, 0.3) is 0 Å². The van der Waals surface area contributed by atoms with Crippen LogP contribution < -0.4 is 9.47 Å². The second-order valence-corrected chi connectivity index (χ2v) is 6.61. The summed E-state index contributed by atoms with van der Waals surface area (Å²) in [4.78, 5) is 0. The summed E-state index contributed by atoms with van der Waals surface area (Å²) in [5, 5.41) is 10.2. The summed E-state index contributed by atoms with van der Waals surface area (Å²) in [5.74, 6) is 2.11. The van der Waals surface area contributed by atoms with Crippen LogP contribution in [-0.4, -0.2) is 17.3 Å². The fourth-order valence-electron chi connectivity index (χ4n) is 3.10. The Kier molecular flexibility index (Phi) is 3.97. The monoisotopic (exact) mass is 311 g/mol. The molecule has 2 aromatic rings. The normalized spacial score (nSPS) is 19.8. The molecule has 1 unspecified atom stereocenters. The average Bonchev–Trinajstić information content (AvgIpc) is 2.57. The molecule has 0 aromatic heterocycles. The summed E-state index contributed by atoms with van der Waals surface area (Å²) in [6, 6.07) is 10.5. The fourth-order valence-corrected chi connectivity index (χ4v) is 3.10. The summed E-state index contributed by atoms with van der Waals surface area (Å²) in [7, 11) is 0. The van der Waals surface area contributed by atoms with Gasteiger partial charge >= 0.3 is 0 Å². The van der Waals surface area contributed by atoms with Gasteiger partial charge in [0.2, 0.25) is 0 Å². The maximum absolute atomic E-state index is 10.2. The first kappa shape index (κ1) is 15.7. The highest BCUT2D eigenvalue weighted by atomic mass is 16.5. The highest BCUT2D eigenvalue weighted by Gasteiger charge is 2.35. The van der Waals surface area contributed by atoms with Gasteiger partial charge in [-0.1, -0.05) is 12.1 Å². The van der Waals surface area contributed by atoms with E-state index in [1.54, 1.807) is 0 Å². The molecule has 121 valence electrons. The van der Waals surface area contributed by atoms with Crippen LogP contribution in [0.2, 0.25) is 0 Å². The van der Waals surface area contributed by atoms with Gasteiger partial charge in [0, 0.05) is 5.56 Å². The molecule has 3 heteroatoms. The summed E-state index contributed by atoms with van der Waals surface area (Å²) in [6.45, 7) is 8.47. The molecular weight excluding hydrogens is 288 g/mol. The molecule has 2 aromatic carbocycles. The zero-order valence-electron chi connectivity index (χ0n) is 14.2. The van der Waals surface area contributed by atoms with Crippen LogP contribution in [0.5, 0.6) is 17.2 Å². The highest BCUT2D eigenvalue weighted by Crippen LogP contribution is 2.43. The maximum Gasteiger partial charge on any atom is 0.140 e. The number of benzene rings is 2. The van der Waals surface area contributed by atoms with E-state index >= 15 is 0 Å². The number of phenols is 1. The van der Waals surface area contributed by atoms with E-state index in [9.17, 15) is 5.11 Å². The van der Waals surface area contributed by atoms with Crippen LogP contribution in [0, 0.1) is 26.8 Å². The van der Waals surface area contributed by atoms with Crippen LogP contribution >= 0.6 is 0 Å². The molecule has 1 aliphatic rings. The van der Waals surface area contributed by atoms with Crippen molar-refractivity contribution in [2.75, 3.05) is 6.61 Å². The van der Waals surface area contributed by atoms with Crippen molar-refractivity contribution >= 4 is 0 Å². The molecule has 0 spiro atoms. The summed E-state index contributed by atoms with van der Waals surface area (Å²) in [5.41, 5.74) is 3.59. The van der Waals surface area contributed by atoms with Gasteiger partial charge in [0.15, 0.2) is 0 Å². The van der Waals surface area contributed by atoms with Crippen molar-refractivity contribution < 1.29 is 14.6 Å². The molecule has 3 nitrogen and oxygen atoms in total. The zero-order chi connectivity index (χ0) is 16.6. The largest absolute Gasteiger partial charge is 0.507 e. The standard InChI is InChI=1S/C20H23O3/c1-13-14(2)19-17(15(3)18(13)21)10-11-20(4,23-19)12-22-16-8-6-5-7-9-16/h5-6,8-9,21H,10-12H2,1-4H3. The van der Waals surface area contributed by atoms with Gasteiger partial charge in [-0.2, -0.15) is 0 Å². The van der Waals surface area contributed by atoms with Gasteiger partial charge in [0.1, 0.15) is 29.5 Å². The molecule has 0 aliphatic carbocycles. The number of phenolic OH excluding ortho intramolecular Hbond substituents is 1. The Bertz CT molecular complexity index is 722. The molecule has 3 rings (SSSR count). The van der Waals surface area contributed by atoms with E-state index in [1.165, 1.54) is 0 Å². The Morgan fingerprint density at radius 2 is 2.04 bits per heavy atom. The second kappa shape index (κ2) is 5.80. The van der Waals surface area contributed by atoms with Crippen LogP contribution in [0.1, 0.15) is 35.6 Å². The van der Waals surface area contributed by atoms with Gasteiger partial charge in [-0.25, -0.2) is 0 Å². The Morgan fingerprint density at radius 1 is 1.26 bits per heavy atom. The number of ether oxygens (including phenoxy) is 2. The van der Waals surface area contributed by atoms with Crippen molar-refractivity contribution in [3.05, 3.63) is 52.6 Å². The van der Waals surface area contributed by atoms with Gasteiger partial charge in [-0.3, -0.25) is 0 Å². The van der Waals surface area contributed by atoms with Crippen LogP contribution in [0.3, 0.4) is 0 Å². The number of rotatable bonds is 3. The Hall–Kier alpha value is -2.16. The molecule has 1 aliphatic heterocycles. The predicted octanol–water partition coefficient (Wildman–Crippen LogP) is 4.28. The first-order chi connectivity index (χ1) is 10.9. The Balaban J connectivity index is 1.84. The van der Waals surface area contributed by atoms with Crippen molar-refractivity contribution in [1.29, 1.82) is 0 Å². The number of hydrogen-bond donors (Lipinski definition) is 1. The lowest BCUT2D eigenvalue weighted by Crippen LogP contribution is -2.42. The maximum atomic E-state index is 10.2. The van der Waals surface area contributed by atoms with Crippen LogP contribution in [-0.2, 0) is 6.42 Å². The lowest BCUT2D eigenvalue weighted by atomic mass is 9.87. The van der Waals surface area contributed by atoms with Crippen molar-refractivity contribution in [2.45, 2.75) is 46.1 Å². The molecule has 0 amide bonds. The minimum absolute atomic E-state index is 0.372. The molecule has 0 fully saturated rings. The zero-order valence-corrected chi connectivity index (χ0v) is 14.2. The quantitative estimate of drug-likeness (QED) is 0.919. The second-order valence-electron chi connectivity index (χ2n) is 6.61. The number of fused-ring (bicyclic) bond motifs is 1. The molecular formula is C20H23O3. The first-order valence-electron chi connectivity index (χ1n) is 8.01. The minimum atomic E-state index is -0.372. The van der Waals surface area contributed by atoms with E-state index < -0.39 is 0 Å². The van der Waals surface area contributed by atoms with E-state index in [4.69, 9.17) is 9.47 Å². The van der Waals surface area contributed by atoms with Gasteiger partial charge in [-0.15, -0.1) is 0 Å². The third-order valence-electron chi connectivity index (χ3n) is 4.82. The molecule has 1 radical (unpaired) electrons. The minimum Gasteiger partial charge on any atom is -0.507 e. The van der Waals surface area contributed by atoms with Gasteiger partial charge in [0.25, 0.3) is 0 Å². The topological polar surface area (TPSA) is 38.7 Å². The Morgan fingerprint density at radius 3 is 2.74 bits per heavy atom.